The van der Waals surface area contributed by atoms with Crippen molar-refractivity contribution in [1.29, 1.82) is 0 Å². The van der Waals surface area contributed by atoms with E-state index in [9.17, 15) is 16.8 Å². The van der Waals surface area contributed by atoms with Gasteiger partial charge in [0, 0.05) is 24.2 Å². The van der Waals surface area contributed by atoms with Crippen LogP contribution in [0.15, 0.2) is 65.7 Å². The van der Waals surface area contributed by atoms with E-state index in [-0.39, 0.29) is 23.2 Å². The number of hydrogen-bond donors (Lipinski definition) is 0. The van der Waals surface area contributed by atoms with Crippen molar-refractivity contribution >= 4 is 31.0 Å². The number of benzene rings is 2. The lowest BCUT2D eigenvalue weighted by atomic mass is 10.2. The standard InChI is InChI=1S/C21H24N2O5S2/c1-4-16(2)23(15-17-10-12-19(13-11-17)28-29(3,24)25)30(26,27)20-9-5-7-18-8-6-14-22-21(18)20/h5-14,16H,4,15H2,1-3H3/t16-/m1/s1. The number of sulfonamides is 1. The van der Waals surface area contributed by atoms with E-state index in [0.29, 0.717) is 17.5 Å². The number of nitrogens with zero attached hydrogens (tertiary/aromatic N) is 2. The third kappa shape index (κ3) is 4.97. The van der Waals surface area contributed by atoms with Gasteiger partial charge in [0.25, 0.3) is 0 Å². The molecule has 1 atom stereocenters. The van der Waals surface area contributed by atoms with Crippen LogP contribution < -0.4 is 4.18 Å². The Kier molecular flexibility index (Phi) is 6.44. The van der Waals surface area contributed by atoms with Crippen LogP contribution in [0.3, 0.4) is 0 Å². The van der Waals surface area contributed by atoms with Crippen molar-refractivity contribution < 1.29 is 21.0 Å². The van der Waals surface area contributed by atoms with Crippen LogP contribution in [0.5, 0.6) is 5.75 Å². The fourth-order valence-corrected chi connectivity index (χ4v) is 5.42. The molecule has 0 aliphatic heterocycles. The Morgan fingerprint density at radius 2 is 1.67 bits per heavy atom. The summed E-state index contributed by atoms with van der Waals surface area (Å²) in [6.07, 6.45) is 3.18. The van der Waals surface area contributed by atoms with Gasteiger partial charge in [-0.3, -0.25) is 4.98 Å². The summed E-state index contributed by atoms with van der Waals surface area (Å²) in [5.74, 6) is 0.178. The van der Waals surface area contributed by atoms with Gasteiger partial charge < -0.3 is 4.18 Å². The minimum atomic E-state index is -3.83. The second-order valence-electron chi connectivity index (χ2n) is 7.07. The fourth-order valence-electron chi connectivity index (χ4n) is 3.10. The molecule has 30 heavy (non-hydrogen) atoms. The van der Waals surface area contributed by atoms with Crippen molar-refractivity contribution in [2.24, 2.45) is 0 Å². The first-order valence-electron chi connectivity index (χ1n) is 9.46. The maximum atomic E-state index is 13.6. The van der Waals surface area contributed by atoms with Gasteiger partial charge in [0.1, 0.15) is 10.6 Å². The highest BCUT2D eigenvalue weighted by Crippen LogP contribution is 2.28. The minimum Gasteiger partial charge on any atom is -0.383 e. The van der Waals surface area contributed by atoms with Gasteiger partial charge in [-0.05, 0) is 43.2 Å². The van der Waals surface area contributed by atoms with Crippen molar-refractivity contribution in [2.75, 3.05) is 6.26 Å². The first-order chi connectivity index (χ1) is 14.1. The highest BCUT2D eigenvalue weighted by atomic mass is 32.2. The molecule has 160 valence electrons. The van der Waals surface area contributed by atoms with Crippen LogP contribution in [0, 0.1) is 0 Å². The Labute approximate surface area is 177 Å². The molecule has 3 rings (SSSR count). The number of para-hydroxylation sites is 1. The molecule has 0 N–H and O–H groups in total. The monoisotopic (exact) mass is 448 g/mol. The van der Waals surface area contributed by atoms with Gasteiger partial charge in [0.05, 0.1) is 11.8 Å². The Balaban J connectivity index is 1.98. The number of pyridine rings is 1. The number of fused-ring (bicyclic) bond motifs is 1. The molecule has 9 heteroatoms. The number of hydrogen-bond acceptors (Lipinski definition) is 6. The molecule has 0 aliphatic rings. The Morgan fingerprint density at radius 1 is 1.00 bits per heavy atom. The van der Waals surface area contributed by atoms with Gasteiger partial charge in [-0.25, -0.2) is 8.42 Å². The summed E-state index contributed by atoms with van der Waals surface area (Å²) in [5.41, 5.74) is 1.15. The molecule has 0 amide bonds. The summed E-state index contributed by atoms with van der Waals surface area (Å²) in [7, 11) is -7.46. The molecule has 0 aliphatic carbocycles. The maximum absolute atomic E-state index is 13.6. The second kappa shape index (κ2) is 8.71. The van der Waals surface area contributed by atoms with Crippen molar-refractivity contribution in [2.45, 2.75) is 37.8 Å². The Morgan fingerprint density at radius 3 is 2.30 bits per heavy atom. The zero-order chi connectivity index (χ0) is 21.9. The fraction of sp³-hybridized carbons (Fsp3) is 0.286. The van der Waals surface area contributed by atoms with Crippen LogP contribution in [-0.2, 0) is 26.7 Å². The largest absolute Gasteiger partial charge is 0.383 e. The Bertz CT molecular complexity index is 1230. The predicted molar refractivity (Wildman–Crippen MR) is 116 cm³/mol. The number of aromatic nitrogens is 1. The van der Waals surface area contributed by atoms with E-state index in [1.165, 1.54) is 16.4 Å². The lowest BCUT2D eigenvalue weighted by Gasteiger charge is -2.28. The molecule has 0 spiro atoms. The average Bonchev–Trinajstić information content (AvgIpc) is 2.71. The highest BCUT2D eigenvalue weighted by Gasteiger charge is 2.30. The summed E-state index contributed by atoms with van der Waals surface area (Å²) in [6, 6.07) is 14.8. The zero-order valence-corrected chi connectivity index (χ0v) is 18.7. The van der Waals surface area contributed by atoms with Crippen molar-refractivity contribution in [3.63, 3.8) is 0 Å². The summed E-state index contributed by atoms with van der Waals surface area (Å²) >= 11 is 0. The molecule has 0 unspecified atom stereocenters. The van der Waals surface area contributed by atoms with Gasteiger partial charge in [-0.1, -0.05) is 37.3 Å². The van der Waals surface area contributed by atoms with Gasteiger partial charge in [-0.2, -0.15) is 12.7 Å². The van der Waals surface area contributed by atoms with E-state index in [1.807, 2.05) is 26.0 Å². The summed E-state index contributed by atoms with van der Waals surface area (Å²) < 4.78 is 56.0. The summed E-state index contributed by atoms with van der Waals surface area (Å²) in [5, 5.41) is 0.755. The van der Waals surface area contributed by atoms with Gasteiger partial charge >= 0.3 is 10.1 Å². The molecular weight excluding hydrogens is 424 g/mol. The molecule has 0 saturated carbocycles. The Hall–Kier alpha value is -2.49. The molecular formula is C21H24N2O5S2. The summed E-state index contributed by atoms with van der Waals surface area (Å²) in [6.45, 7) is 3.93. The molecule has 7 nitrogen and oxygen atoms in total. The maximum Gasteiger partial charge on any atom is 0.306 e. The molecule has 0 saturated heterocycles. The van der Waals surface area contributed by atoms with Crippen LogP contribution in [0.4, 0.5) is 0 Å². The molecule has 0 fully saturated rings. The van der Waals surface area contributed by atoms with E-state index in [4.69, 9.17) is 4.18 Å². The van der Waals surface area contributed by atoms with E-state index in [0.717, 1.165) is 11.6 Å². The SMILES string of the molecule is CC[C@@H](C)N(Cc1ccc(OS(C)(=O)=O)cc1)S(=O)(=O)c1cccc2cccnc12. The van der Waals surface area contributed by atoms with Gasteiger partial charge in [-0.15, -0.1) is 0 Å². The van der Waals surface area contributed by atoms with Crippen LogP contribution in [-0.4, -0.2) is 38.4 Å². The van der Waals surface area contributed by atoms with Gasteiger partial charge in [0.2, 0.25) is 10.0 Å². The topological polar surface area (TPSA) is 93.6 Å². The smallest absolute Gasteiger partial charge is 0.306 e. The molecule has 1 heterocycles. The van der Waals surface area contributed by atoms with Crippen molar-refractivity contribution in [3.8, 4) is 5.75 Å². The minimum absolute atomic E-state index is 0.139. The number of rotatable bonds is 8. The second-order valence-corrected chi connectivity index (χ2v) is 10.5. The van der Waals surface area contributed by atoms with E-state index in [2.05, 4.69) is 4.98 Å². The predicted octanol–water partition coefficient (Wildman–Crippen LogP) is 3.56. The first kappa shape index (κ1) is 22.2. The normalized spacial score (nSPS) is 13.5. The van der Waals surface area contributed by atoms with Crippen LogP contribution in [0.1, 0.15) is 25.8 Å². The third-order valence-corrected chi connectivity index (χ3v) is 7.26. The first-order valence-corrected chi connectivity index (χ1v) is 12.7. The van der Waals surface area contributed by atoms with Crippen molar-refractivity contribution in [3.05, 3.63) is 66.4 Å². The average molecular weight is 449 g/mol. The lowest BCUT2D eigenvalue weighted by molar-refractivity contribution is 0.323. The molecule has 2 aromatic carbocycles. The summed E-state index contributed by atoms with van der Waals surface area (Å²) in [4.78, 5) is 4.45. The van der Waals surface area contributed by atoms with E-state index >= 15 is 0 Å². The molecule has 1 aromatic heterocycles. The molecule has 0 radical (unpaired) electrons. The molecule has 3 aromatic rings. The van der Waals surface area contributed by atoms with Crippen LogP contribution in [0.25, 0.3) is 10.9 Å². The van der Waals surface area contributed by atoms with Crippen LogP contribution >= 0.6 is 0 Å². The van der Waals surface area contributed by atoms with Gasteiger partial charge in [0.15, 0.2) is 0 Å². The molecule has 0 bridgehead atoms. The van der Waals surface area contributed by atoms with Crippen LogP contribution in [0.2, 0.25) is 0 Å². The van der Waals surface area contributed by atoms with Crippen molar-refractivity contribution in [1.82, 2.24) is 9.29 Å². The quantitative estimate of drug-likeness (QED) is 0.489. The third-order valence-electron chi connectivity index (χ3n) is 4.77. The zero-order valence-electron chi connectivity index (χ0n) is 17.0. The highest BCUT2D eigenvalue weighted by molar-refractivity contribution is 7.89. The van der Waals surface area contributed by atoms with E-state index in [1.54, 1.807) is 36.5 Å². The lowest BCUT2D eigenvalue weighted by Crippen LogP contribution is -2.37. The van der Waals surface area contributed by atoms with E-state index < -0.39 is 20.1 Å².